The monoisotopic (exact) mass is 400 g/mol. The predicted octanol–water partition coefficient (Wildman–Crippen LogP) is 1.96. The van der Waals surface area contributed by atoms with Crippen molar-refractivity contribution in [3.63, 3.8) is 0 Å². The van der Waals surface area contributed by atoms with Crippen LogP contribution >= 0.6 is 54.5 Å². The van der Waals surface area contributed by atoms with Gasteiger partial charge in [-0.1, -0.05) is 54.5 Å². The van der Waals surface area contributed by atoms with Crippen molar-refractivity contribution in [2.24, 2.45) is 0 Å². The van der Waals surface area contributed by atoms with Gasteiger partial charge in [0.05, 0.1) is 19.3 Å². The zero-order valence-corrected chi connectivity index (χ0v) is 11.3. The molecular weight excluding hydrogens is 391 g/mol. The molecule has 2 nitrogen and oxygen atoms in total. The Hall–Kier alpha value is 1.61. The Morgan fingerprint density at radius 2 is 2.18 bits per heavy atom. The molecule has 68 valence electrons. The van der Waals surface area contributed by atoms with Gasteiger partial charge in [0, 0.05) is 14.6 Å². The number of aliphatic hydroxyl groups excluding tert-OH is 1. The second-order valence-corrected chi connectivity index (χ2v) is 5.10. The summed E-state index contributed by atoms with van der Waals surface area (Å²) >= 11 is 8.63. The number of hydrogen-bond donors (Lipinski definition) is 1. The van der Waals surface area contributed by atoms with Crippen LogP contribution in [0.25, 0.3) is 0 Å². The standard InChI is InChI=1S/C3H6BrIO.C3H5BrO/c4-1-3(5)2-6;4-1-3-2-5-3/h3,6H,1-2H2;3H,1-2H2. The molecule has 5 heteroatoms. The highest BCUT2D eigenvalue weighted by atomic mass is 127. The normalized spacial score (nSPS) is 23.5. The summed E-state index contributed by atoms with van der Waals surface area (Å²) in [6, 6.07) is 0. The minimum atomic E-state index is 0.270. The third-order valence-electron chi connectivity index (χ3n) is 0.940. The van der Waals surface area contributed by atoms with E-state index in [4.69, 9.17) is 9.84 Å². The molecule has 1 rings (SSSR count). The summed E-state index contributed by atoms with van der Waals surface area (Å²) in [6.45, 7) is 1.23. The molecule has 0 amide bonds. The van der Waals surface area contributed by atoms with Gasteiger partial charge in [-0.3, -0.25) is 0 Å². The van der Waals surface area contributed by atoms with Crippen molar-refractivity contribution in [2.75, 3.05) is 23.9 Å². The Morgan fingerprint density at radius 3 is 2.18 bits per heavy atom. The fourth-order valence-electron chi connectivity index (χ4n) is 0.206. The minimum Gasteiger partial charge on any atom is -0.395 e. The lowest BCUT2D eigenvalue weighted by molar-refractivity contribution is 0.305. The van der Waals surface area contributed by atoms with E-state index < -0.39 is 0 Å². The first kappa shape index (κ1) is 12.6. The maximum Gasteiger partial charge on any atom is 0.0906 e. The second-order valence-electron chi connectivity index (χ2n) is 2.04. The first-order chi connectivity index (χ1) is 5.24. The molecule has 2 atom stereocenters. The molecule has 0 aromatic carbocycles. The summed E-state index contributed by atoms with van der Waals surface area (Å²) in [5.74, 6) is 0. The van der Waals surface area contributed by atoms with E-state index in [-0.39, 0.29) is 6.61 Å². The van der Waals surface area contributed by atoms with Crippen LogP contribution in [0.1, 0.15) is 0 Å². The third kappa shape index (κ3) is 9.52. The molecule has 0 saturated carbocycles. The van der Waals surface area contributed by atoms with Crippen LogP contribution in [-0.4, -0.2) is 39.0 Å². The summed E-state index contributed by atoms with van der Waals surface area (Å²) < 4.78 is 5.19. The van der Waals surface area contributed by atoms with Gasteiger partial charge >= 0.3 is 0 Å². The molecule has 0 aromatic heterocycles. The van der Waals surface area contributed by atoms with Crippen molar-refractivity contribution >= 4 is 54.5 Å². The fraction of sp³-hybridized carbons (Fsp3) is 1.00. The van der Waals surface area contributed by atoms with Crippen LogP contribution in [0.2, 0.25) is 0 Å². The Morgan fingerprint density at radius 1 is 1.64 bits per heavy atom. The summed E-state index contributed by atoms with van der Waals surface area (Å²) in [7, 11) is 0. The van der Waals surface area contributed by atoms with E-state index in [1.165, 1.54) is 0 Å². The Bertz CT molecular complexity index is 86.7. The van der Waals surface area contributed by atoms with Crippen LogP contribution in [0.15, 0.2) is 0 Å². The second kappa shape index (κ2) is 8.22. The van der Waals surface area contributed by atoms with Crippen molar-refractivity contribution < 1.29 is 9.84 Å². The maximum atomic E-state index is 8.30. The van der Waals surface area contributed by atoms with Crippen LogP contribution < -0.4 is 0 Å². The maximum absolute atomic E-state index is 8.30. The van der Waals surface area contributed by atoms with Crippen molar-refractivity contribution in [3.8, 4) is 0 Å². The van der Waals surface area contributed by atoms with Crippen LogP contribution in [0.3, 0.4) is 0 Å². The first-order valence-corrected chi connectivity index (χ1v) is 6.71. The average molecular weight is 402 g/mol. The number of hydrogen-bond acceptors (Lipinski definition) is 2. The highest BCUT2D eigenvalue weighted by Gasteiger charge is 2.19. The smallest absolute Gasteiger partial charge is 0.0906 e. The van der Waals surface area contributed by atoms with Crippen molar-refractivity contribution in [1.82, 2.24) is 0 Å². The van der Waals surface area contributed by atoms with E-state index in [1.54, 1.807) is 0 Å². The third-order valence-corrected chi connectivity index (χ3v) is 4.49. The lowest BCUT2D eigenvalue weighted by Gasteiger charge is -1.94. The Labute approximate surface area is 97.5 Å². The quantitative estimate of drug-likeness (QED) is 0.445. The molecule has 0 bridgehead atoms. The van der Waals surface area contributed by atoms with Crippen LogP contribution in [0.5, 0.6) is 0 Å². The lowest BCUT2D eigenvalue weighted by atomic mass is 10.5. The molecule has 0 aromatic rings. The van der Waals surface area contributed by atoms with Gasteiger partial charge in [0.25, 0.3) is 0 Å². The largest absolute Gasteiger partial charge is 0.395 e. The van der Waals surface area contributed by atoms with Crippen molar-refractivity contribution in [2.45, 2.75) is 10.0 Å². The Balaban J connectivity index is 0.000000183. The summed E-state index contributed by atoms with van der Waals surface area (Å²) in [5.41, 5.74) is 0. The van der Waals surface area contributed by atoms with Gasteiger partial charge in [-0.15, -0.1) is 0 Å². The topological polar surface area (TPSA) is 32.8 Å². The van der Waals surface area contributed by atoms with Crippen molar-refractivity contribution in [1.29, 1.82) is 0 Å². The number of halogens is 3. The van der Waals surface area contributed by atoms with E-state index >= 15 is 0 Å². The minimum absolute atomic E-state index is 0.270. The molecule has 1 N–H and O–H groups in total. The molecule has 1 heterocycles. The highest BCUT2D eigenvalue weighted by Crippen LogP contribution is 2.09. The SMILES string of the molecule is BrCC1CO1.OCC(I)CBr. The summed E-state index contributed by atoms with van der Waals surface area (Å²) in [6.07, 6.45) is 0.551. The van der Waals surface area contributed by atoms with E-state index in [0.717, 1.165) is 17.3 Å². The lowest BCUT2D eigenvalue weighted by Crippen LogP contribution is -2.03. The van der Waals surface area contributed by atoms with Gasteiger partial charge in [0.2, 0.25) is 0 Å². The van der Waals surface area contributed by atoms with E-state index in [2.05, 4.69) is 54.5 Å². The van der Waals surface area contributed by atoms with Crippen LogP contribution in [0, 0.1) is 0 Å². The Kier molecular flexibility index (Phi) is 9.42. The fourth-order valence-corrected chi connectivity index (χ4v) is 0.784. The zero-order chi connectivity index (χ0) is 8.69. The molecule has 1 aliphatic rings. The molecule has 1 fully saturated rings. The van der Waals surface area contributed by atoms with Gasteiger partial charge in [-0.2, -0.15) is 0 Å². The van der Waals surface area contributed by atoms with E-state index in [9.17, 15) is 0 Å². The molecular formula is C6H11Br2IO2. The van der Waals surface area contributed by atoms with E-state index in [1.807, 2.05) is 0 Å². The number of alkyl halides is 3. The van der Waals surface area contributed by atoms with Gasteiger partial charge in [0.1, 0.15) is 0 Å². The molecule has 0 spiro atoms. The molecule has 1 saturated heterocycles. The molecule has 2 unspecified atom stereocenters. The van der Waals surface area contributed by atoms with Gasteiger partial charge in [-0.05, 0) is 0 Å². The van der Waals surface area contributed by atoms with Crippen LogP contribution in [0.4, 0.5) is 0 Å². The van der Waals surface area contributed by atoms with Crippen LogP contribution in [-0.2, 0) is 4.74 Å². The molecule has 1 aliphatic heterocycles. The van der Waals surface area contributed by atoms with E-state index in [0.29, 0.717) is 10.0 Å². The first-order valence-electron chi connectivity index (χ1n) is 3.23. The molecule has 11 heavy (non-hydrogen) atoms. The number of epoxide rings is 1. The average Bonchev–Trinajstić information content (AvgIpc) is 2.86. The predicted molar refractivity (Wildman–Crippen MR) is 62.2 cm³/mol. The van der Waals surface area contributed by atoms with Crippen molar-refractivity contribution in [3.05, 3.63) is 0 Å². The highest BCUT2D eigenvalue weighted by molar-refractivity contribution is 14.1. The molecule has 0 aliphatic carbocycles. The van der Waals surface area contributed by atoms with Gasteiger partial charge in [-0.25, -0.2) is 0 Å². The van der Waals surface area contributed by atoms with Gasteiger partial charge < -0.3 is 9.84 Å². The number of aliphatic hydroxyl groups is 1. The number of rotatable bonds is 3. The summed E-state index contributed by atoms with van der Waals surface area (Å²) in [4.78, 5) is 0. The zero-order valence-electron chi connectivity index (χ0n) is 5.97. The van der Waals surface area contributed by atoms with Gasteiger partial charge in [0.15, 0.2) is 0 Å². The molecule has 0 radical (unpaired) electrons. The summed E-state index contributed by atoms with van der Waals surface area (Å²) in [5, 5.41) is 10.2. The number of ether oxygens (including phenoxy) is 1.